The lowest BCUT2D eigenvalue weighted by Crippen LogP contribution is -2.59. The van der Waals surface area contributed by atoms with Crippen LogP contribution in [0.2, 0.25) is 0 Å². The summed E-state index contributed by atoms with van der Waals surface area (Å²) in [4.78, 5) is 30.9. The van der Waals surface area contributed by atoms with Crippen molar-refractivity contribution in [2.24, 2.45) is 17.8 Å². The predicted molar refractivity (Wildman–Crippen MR) is 146 cm³/mol. The molecule has 0 bridgehead atoms. The van der Waals surface area contributed by atoms with Crippen LogP contribution in [-0.4, -0.2) is 80.4 Å². The number of rotatable bonds is 5. The Labute approximate surface area is 231 Å². The molecule has 3 N–H and O–H groups in total. The van der Waals surface area contributed by atoms with E-state index in [0.717, 1.165) is 43.4 Å². The number of likely N-dealkylation sites (N-methyl/N-ethyl adjacent to an activating group) is 1. The number of fused-ring (bicyclic) bond motifs is 2. The second-order valence-electron chi connectivity index (χ2n) is 13.4. The fourth-order valence-electron chi connectivity index (χ4n) is 8.64. The molecule has 1 aromatic heterocycles. The number of nitrogens with zero attached hydrogens (tertiary/aromatic N) is 3. The van der Waals surface area contributed by atoms with E-state index in [1.165, 1.54) is 32.1 Å². The first-order valence-corrected chi connectivity index (χ1v) is 15.4. The van der Waals surface area contributed by atoms with Gasteiger partial charge in [0, 0.05) is 43.4 Å². The van der Waals surface area contributed by atoms with Crippen LogP contribution in [0, 0.1) is 17.8 Å². The molecule has 1 aromatic rings. The number of carbonyl (C=O) groups excluding carboxylic acids is 2. The minimum absolute atomic E-state index is 0.0537. The van der Waals surface area contributed by atoms with Crippen molar-refractivity contribution in [3.05, 3.63) is 17.0 Å². The lowest BCUT2D eigenvalue weighted by atomic mass is 9.60. The highest BCUT2D eigenvalue weighted by Gasteiger charge is 2.58. The number of aromatic nitrogens is 2. The van der Waals surface area contributed by atoms with Crippen LogP contribution in [0.25, 0.3) is 0 Å². The van der Waals surface area contributed by atoms with Gasteiger partial charge in [-0.1, -0.05) is 39.0 Å². The maximum Gasteiger partial charge on any atom is 0.274 e. The fraction of sp³-hybridized carbons (Fsp3) is 0.833. The normalized spacial score (nSPS) is 34.5. The molecule has 5 atom stereocenters. The van der Waals surface area contributed by atoms with Crippen molar-refractivity contribution in [3.8, 4) is 0 Å². The molecule has 216 valence electrons. The highest BCUT2D eigenvalue weighted by molar-refractivity contribution is 5.95. The van der Waals surface area contributed by atoms with Gasteiger partial charge in [0.15, 0.2) is 5.69 Å². The number of nitrogens with one attached hydrogen (secondary N) is 2. The number of H-pyrrole nitrogens is 1. The number of amides is 2. The number of aliphatic hydroxyl groups excluding tert-OH is 1. The standard InChI is InChI=1S/C30H46FN5O3/c1-19-14-21(31)16-30(20-8-6-4-3-5-7-9-20)23(19)15-25(32-30)27(38)36-13-10-24-22(17-36)26(34-33-24)28(39)35(2)29(18-37)11-12-29/h19-21,23,25,32,37H,3-18H2,1-2H3,(H,33,34). The first-order valence-electron chi connectivity index (χ1n) is 15.4. The van der Waals surface area contributed by atoms with Gasteiger partial charge in [-0.25, -0.2) is 4.39 Å². The number of carbonyl (C=O) groups is 2. The van der Waals surface area contributed by atoms with Crippen LogP contribution in [0.15, 0.2) is 0 Å². The summed E-state index contributed by atoms with van der Waals surface area (Å²) in [6.45, 7) is 3.07. The van der Waals surface area contributed by atoms with E-state index in [2.05, 4.69) is 22.4 Å². The zero-order valence-electron chi connectivity index (χ0n) is 23.7. The van der Waals surface area contributed by atoms with E-state index >= 15 is 4.39 Å². The quantitative estimate of drug-likeness (QED) is 0.525. The average Bonchev–Trinajstić information content (AvgIpc) is 3.43. The van der Waals surface area contributed by atoms with Crippen molar-refractivity contribution >= 4 is 11.8 Å². The largest absolute Gasteiger partial charge is 0.394 e. The number of hydrogen-bond donors (Lipinski definition) is 3. The molecule has 39 heavy (non-hydrogen) atoms. The summed E-state index contributed by atoms with van der Waals surface area (Å²) in [5.41, 5.74) is 1.30. The molecule has 0 aromatic carbocycles. The number of halogens is 1. The molecule has 4 fully saturated rings. The molecule has 3 aliphatic carbocycles. The van der Waals surface area contributed by atoms with Gasteiger partial charge >= 0.3 is 0 Å². The van der Waals surface area contributed by atoms with Crippen LogP contribution in [0.1, 0.15) is 106 Å². The third-order valence-electron chi connectivity index (χ3n) is 11.2. The Morgan fingerprint density at radius 3 is 2.56 bits per heavy atom. The van der Waals surface area contributed by atoms with E-state index in [9.17, 15) is 14.7 Å². The van der Waals surface area contributed by atoms with E-state index < -0.39 is 11.7 Å². The lowest BCUT2D eigenvalue weighted by molar-refractivity contribution is -0.134. The van der Waals surface area contributed by atoms with Gasteiger partial charge in [0.05, 0.1) is 18.2 Å². The summed E-state index contributed by atoms with van der Waals surface area (Å²) in [6.07, 6.45) is 11.7. The van der Waals surface area contributed by atoms with Crippen molar-refractivity contribution in [2.45, 2.75) is 120 Å². The van der Waals surface area contributed by atoms with Gasteiger partial charge in [-0.05, 0) is 62.7 Å². The molecule has 5 aliphatic rings. The van der Waals surface area contributed by atoms with Gasteiger partial charge in [-0.2, -0.15) is 5.10 Å². The van der Waals surface area contributed by atoms with Crippen LogP contribution in [0.4, 0.5) is 4.39 Å². The van der Waals surface area contributed by atoms with Gasteiger partial charge in [0.2, 0.25) is 5.91 Å². The Morgan fingerprint density at radius 1 is 1.15 bits per heavy atom. The predicted octanol–water partition coefficient (Wildman–Crippen LogP) is 3.74. The lowest BCUT2D eigenvalue weighted by Gasteiger charge is -2.50. The van der Waals surface area contributed by atoms with Gasteiger partial charge in [-0.15, -0.1) is 0 Å². The average molecular weight is 544 g/mol. The minimum Gasteiger partial charge on any atom is -0.394 e. The van der Waals surface area contributed by atoms with Crippen molar-refractivity contribution in [1.82, 2.24) is 25.3 Å². The van der Waals surface area contributed by atoms with E-state index in [-0.39, 0.29) is 35.9 Å². The molecule has 1 saturated heterocycles. The summed E-state index contributed by atoms with van der Waals surface area (Å²) in [7, 11) is 1.73. The third-order valence-corrected chi connectivity index (χ3v) is 11.2. The maximum absolute atomic E-state index is 15.2. The molecule has 0 radical (unpaired) electrons. The second kappa shape index (κ2) is 10.4. The number of hydrogen-bond acceptors (Lipinski definition) is 5. The van der Waals surface area contributed by atoms with Crippen molar-refractivity contribution in [2.75, 3.05) is 20.2 Å². The molecule has 8 nitrogen and oxygen atoms in total. The molecule has 2 aliphatic heterocycles. The van der Waals surface area contributed by atoms with Gasteiger partial charge < -0.3 is 14.9 Å². The Hall–Kier alpha value is -2.00. The first kappa shape index (κ1) is 27.2. The van der Waals surface area contributed by atoms with Gasteiger partial charge in [0.1, 0.15) is 6.17 Å². The van der Waals surface area contributed by atoms with E-state index in [1.807, 2.05) is 4.90 Å². The van der Waals surface area contributed by atoms with Crippen molar-refractivity contribution in [1.29, 1.82) is 0 Å². The summed E-state index contributed by atoms with van der Waals surface area (Å²) >= 11 is 0. The SMILES string of the molecule is CC1CC(F)CC2(C3CCCCCCC3)NC(C(=O)N3CCc4[nH]nc(C(=O)N(C)C5(CO)CC5)c4C3)CC12. The molecule has 0 spiro atoms. The van der Waals surface area contributed by atoms with E-state index in [4.69, 9.17) is 0 Å². The highest BCUT2D eigenvalue weighted by Crippen LogP contribution is 2.52. The minimum atomic E-state index is -0.814. The molecular weight excluding hydrogens is 497 g/mol. The van der Waals surface area contributed by atoms with Crippen LogP contribution >= 0.6 is 0 Å². The Bertz CT molecular complexity index is 1080. The maximum atomic E-state index is 15.2. The zero-order chi connectivity index (χ0) is 27.4. The first-order chi connectivity index (χ1) is 18.8. The zero-order valence-corrected chi connectivity index (χ0v) is 23.7. The summed E-state index contributed by atoms with van der Waals surface area (Å²) < 4.78 is 15.2. The molecule has 2 amide bonds. The highest BCUT2D eigenvalue weighted by atomic mass is 19.1. The van der Waals surface area contributed by atoms with Gasteiger partial charge in [0.25, 0.3) is 5.91 Å². The smallest absolute Gasteiger partial charge is 0.274 e. The van der Waals surface area contributed by atoms with Crippen LogP contribution in [0.5, 0.6) is 0 Å². The van der Waals surface area contributed by atoms with E-state index in [0.29, 0.717) is 49.9 Å². The van der Waals surface area contributed by atoms with Gasteiger partial charge in [-0.3, -0.25) is 20.0 Å². The number of aliphatic hydroxyl groups is 1. The van der Waals surface area contributed by atoms with Crippen LogP contribution < -0.4 is 5.32 Å². The second-order valence-corrected chi connectivity index (χ2v) is 13.4. The van der Waals surface area contributed by atoms with Crippen molar-refractivity contribution in [3.63, 3.8) is 0 Å². The third kappa shape index (κ3) is 4.71. The fourth-order valence-corrected chi connectivity index (χ4v) is 8.64. The number of alkyl halides is 1. The Kier molecular flexibility index (Phi) is 7.28. The molecular formula is C30H46FN5O3. The molecule has 9 heteroatoms. The van der Waals surface area contributed by atoms with Crippen molar-refractivity contribution < 1.29 is 19.1 Å². The Morgan fingerprint density at radius 2 is 1.87 bits per heavy atom. The molecule has 5 unspecified atom stereocenters. The van der Waals surface area contributed by atoms with E-state index in [1.54, 1.807) is 11.9 Å². The summed E-state index contributed by atoms with van der Waals surface area (Å²) in [6, 6.07) is -0.312. The van der Waals surface area contributed by atoms with Crippen LogP contribution in [0.3, 0.4) is 0 Å². The summed E-state index contributed by atoms with van der Waals surface area (Å²) in [5, 5.41) is 21.0. The molecule has 6 rings (SSSR count). The molecule has 3 heterocycles. The number of aromatic amines is 1. The summed E-state index contributed by atoms with van der Waals surface area (Å²) in [5.74, 6) is 0.863. The van der Waals surface area contributed by atoms with Crippen LogP contribution in [-0.2, 0) is 17.8 Å². The topological polar surface area (TPSA) is 102 Å². The molecule has 3 saturated carbocycles. The Balaban J connectivity index is 1.21. The monoisotopic (exact) mass is 543 g/mol.